The van der Waals surface area contributed by atoms with Gasteiger partial charge in [0.25, 0.3) is 0 Å². The minimum absolute atomic E-state index is 0.432. The fourth-order valence-electron chi connectivity index (χ4n) is 2.66. The maximum absolute atomic E-state index is 5.25. The number of ether oxygens (including phenoxy) is 1. The SMILES string of the molecule is CC1CCC(CNCC2(C)COC2)CC1. The van der Waals surface area contributed by atoms with Crippen molar-refractivity contribution in [1.82, 2.24) is 5.32 Å². The summed E-state index contributed by atoms with van der Waals surface area (Å²) in [7, 11) is 0. The largest absolute Gasteiger partial charge is 0.380 e. The van der Waals surface area contributed by atoms with Crippen LogP contribution in [0.2, 0.25) is 0 Å². The van der Waals surface area contributed by atoms with Gasteiger partial charge in [0, 0.05) is 12.0 Å². The van der Waals surface area contributed by atoms with Crippen LogP contribution in [-0.2, 0) is 4.74 Å². The summed E-state index contributed by atoms with van der Waals surface area (Å²) in [5.74, 6) is 1.91. The van der Waals surface area contributed by atoms with Gasteiger partial charge in [-0.3, -0.25) is 0 Å². The molecule has 0 radical (unpaired) electrons. The van der Waals surface area contributed by atoms with Gasteiger partial charge >= 0.3 is 0 Å². The zero-order valence-corrected chi connectivity index (χ0v) is 10.2. The molecule has 0 aromatic heterocycles. The summed E-state index contributed by atoms with van der Waals surface area (Å²) in [5, 5.41) is 3.63. The van der Waals surface area contributed by atoms with Gasteiger partial charge in [0.15, 0.2) is 0 Å². The van der Waals surface area contributed by atoms with Gasteiger partial charge in [-0.05, 0) is 31.2 Å². The van der Waals surface area contributed by atoms with Crippen LogP contribution in [0.1, 0.15) is 39.5 Å². The van der Waals surface area contributed by atoms with Crippen molar-refractivity contribution in [2.45, 2.75) is 39.5 Å². The molecule has 0 bridgehead atoms. The molecule has 0 aromatic rings. The van der Waals surface area contributed by atoms with Crippen molar-refractivity contribution in [2.75, 3.05) is 26.3 Å². The van der Waals surface area contributed by atoms with Crippen molar-refractivity contribution in [3.05, 3.63) is 0 Å². The average Bonchev–Trinajstić information content (AvgIpc) is 2.19. The summed E-state index contributed by atoms with van der Waals surface area (Å²) in [6.07, 6.45) is 5.74. The summed E-state index contributed by atoms with van der Waals surface area (Å²) >= 11 is 0. The highest BCUT2D eigenvalue weighted by Gasteiger charge is 2.32. The molecule has 0 aromatic carbocycles. The lowest BCUT2D eigenvalue weighted by molar-refractivity contribution is -0.0993. The molecule has 1 saturated heterocycles. The maximum atomic E-state index is 5.25. The first-order valence-corrected chi connectivity index (χ1v) is 6.46. The number of nitrogens with one attached hydrogen (secondary N) is 1. The molecule has 2 rings (SSSR count). The Balaban J connectivity index is 1.57. The summed E-state index contributed by atoms with van der Waals surface area (Å²) < 4.78 is 5.25. The predicted molar refractivity (Wildman–Crippen MR) is 62.9 cm³/mol. The van der Waals surface area contributed by atoms with Crippen LogP contribution in [0.5, 0.6) is 0 Å². The number of rotatable bonds is 4. The Kier molecular flexibility index (Phi) is 3.68. The van der Waals surface area contributed by atoms with Crippen LogP contribution in [-0.4, -0.2) is 26.3 Å². The summed E-state index contributed by atoms with van der Waals surface area (Å²) in [4.78, 5) is 0. The Hall–Kier alpha value is -0.0800. The van der Waals surface area contributed by atoms with E-state index >= 15 is 0 Å². The van der Waals surface area contributed by atoms with Gasteiger partial charge < -0.3 is 10.1 Å². The molecule has 2 heteroatoms. The van der Waals surface area contributed by atoms with E-state index in [4.69, 9.17) is 4.74 Å². The molecule has 2 aliphatic rings. The molecule has 15 heavy (non-hydrogen) atoms. The third-order valence-corrected chi connectivity index (χ3v) is 4.02. The van der Waals surface area contributed by atoms with E-state index in [1.165, 1.54) is 32.2 Å². The van der Waals surface area contributed by atoms with Crippen molar-refractivity contribution in [1.29, 1.82) is 0 Å². The van der Waals surface area contributed by atoms with Gasteiger partial charge in [0.2, 0.25) is 0 Å². The van der Waals surface area contributed by atoms with Gasteiger partial charge in [-0.15, -0.1) is 0 Å². The van der Waals surface area contributed by atoms with E-state index < -0.39 is 0 Å². The highest BCUT2D eigenvalue weighted by molar-refractivity contribution is 4.83. The van der Waals surface area contributed by atoms with E-state index in [9.17, 15) is 0 Å². The zero-order valence-electron chi connectivity index (χ0n) is 10.2. The van der Waals surface area contributed by atoms with Crippen LogP contribution >= 0.6 is 0 Å². The van der Waals surface area contributed by atoms with Crippen LogP contribution in [0.15, 0.2) is 0 Å². The van der Waals surface area contributed by atoms with Crippen LogP contribution in [0, 0.1) is 17.3 Å². The molecule has 0 unspecified atom stereocenters. The average molecular weight is 211 g/mol. The normalized spacial score (nSPS) is 34.8. The highest BCUT2D eigenvalue weighted by atomic mass is 16.5. The van der Waals surface area contributed by atoms with Gasteiger partial charge in [-0.25, -0.2) is 0 Å². The molecular formula is C13H25NO. The van der Waals surface area contributed by atoms with Crippen molar-refractivity contribution in [3.63, 3.8) is 0 Å². The number of hydrogen-bond acceptors (Lipinski definition) is 2. The van der Waals surface area contributed by atoms with E-state index in [0.29, 0.717) is 5.41 Å². The number of hydrogen-bond donors (Lipinski definition) is 1. The monoisotopic (exact) mass is 211 g/mol. The Morgan fingerprint density at radius 1 is 1.20 bits per heavy atom. The van der Waals surface area contributed by atoms with Gasteiger partial charge in [-0.1, -0.05) is 26.7 Å². The molecule has 2 fully saturated rings. The molecule has 1 aliphatic carbocycles. The van der Waals surface area contributed by atoms with Gasteiger partial charge in [0.05, 0.1) is 13.2 Å². The van der Waals surface area contributed by atoms with Crippen molar-refractivity contribution in [2.24, 2.45) is 17.3 Å². The fraction of sp³-hybridized carbons (Fsp3) is 1.00. The zero-order chi connectivity index (χ0) is 10.7. The highest BCUT2D eigenvalue weighted by Crippen LogP contribution is 2.28. The summed E-state index contributed by atoms with van der Waals surface area (Å²) in [5.41, 5.74) is 0.432. The Morgan fingerprint density at radius 3 is 2.40 bits per heavy atom. The minimum atomic E-state index is 0.432. The van der Waals surface area contributed by atoms with E-state index in [2.05, 4.69) is 19.2 Å². The molecular weight excluding hydrogens is 186 g/mol. The fourth-order valence-corrected chi connectivity index (χ4v) is 2.66. The van der Waals surface area contributed by atoms with E-state index in [-0.39, 0.29) is 0 Å². The second-order valence-corrected chi connectivity index (χ2v) is 6.06. The molecule has 2 nitrogen and oxygen atoms in total. The smallest absolute Gasteiger partial charge is 0.0554 e. The molecule has 1 saturated carbocycles. The maximum Gasteiger partial charge on any atom is 0.0554 e. The van der Waals surface area contributed by atoms with Crippen LogP contribution in [0.25, 0.3) is 0 Å². The van der Waals surface area contributed by atoms with Crippen LogP contribution < -0.4 is 5.32 Å². The van der Waals surface area contributed by atoms with Crippen molar-refractivity contribution >= 4 is 0 Å². The summed E-state index contributed by atoms with van der Waals surface area (Å²) in [6, 6.07) is 0. The van der Waals surface area contributed by atoms with Crippen molar-refractivity contribution < 1.29 is 4.74 Å². The van der Waals surface area contributed by atoms with Crippen LogP contribution in [0.3, 0.4) is 0 Å². The third-order valence-electron chi connectivity index (χ3n) is 4.02. The summed E-state index contributed by atoms with van der Waals surface area (Å²) in [6.45, 7) is 8.95. The lowest BCUT2D eigenvalue weighted by atomic mass is 9.82. The Labute approximate surface area is 93.8 Å². The first kappa shape index (κ1) is 11.4. The first-order chi connectivity index (χ1) is 7.18. The Bertz CT molecular complexity index is 193. The van der Waals surface area contributed by atoms with Crippen molar-refractivity contribution in [3.8, 4) is 0 Å². The van der Waals surface area contributed by atoms with E-state index in [0.717, 1.165) is 31.6 Å². The molecule has 0 atom stereocenters. The molecule has 1 heterocycles. The van der Waals surface area contributed by atoms with E-state index in [1.54, 1.807) is 0 Å². The van der Waals surface area contributed by atoms with Gasteiger partial charge in [-0.2, -0.15) is 0 Å². The third kappa shape index (κ3) is 3.18. The quantitative estimate of drug-likeness (QED) is 0.771. The minimum Gasteiger partial charge on any atom is -0.380 e. The first-order valence-electron chi connectivity index (χ1n) is 6.46. The van der Waals surface area contributed by atoms with Gasteiger partial charge in [0.1, 0.15) is 0 Å². The topological polar surface area (TPSA) is 21.3 Å². The van der Waals surface area contributed by atoms with E-state index in [1.807, 2.05) is 0 Å². The second-order valence-electron chi connectivity index (χ2n) is 6.06. The molecule has 1 aliphatic heterocycles. The molecule has 0 amide bonds. The lowest BCUT2D eigenvalue weighted by Crippen LogP contribution is -2.48. The van der Waals surface area contributed by atoms with Crippen LogP contribution in [0.4, 0.5) is 0 Å². The predicted octanol–water partition coefficient (Wildman–Crippen LogP) is 2.44. The second kappa shape index (κ2) is 4.84. The molecule has 0 spiro atoms. The molecule has 1 N–H and O–H groups in total. The Morgan fingerprint density at radius 2 is 1.87 bits per heavy atom. The molecule has 88 valence electrons. The standard InChI is InChI=1S/C13H25NO/c1-11-3-5-12(6-4-11)7-14-8-13(2)9-15-10-13/h11-12,14H,3-10H2,1-2H3. The lowest BCUT2D eigenvalue weighted by Gasteiger charge is -2.38.